The van der Waals surface area contributed by atoms with Gasteiger partial charge in [0.25, 0.3) is 0 Å². The second-order valence-electron chi connectivity index (χ2n) is 6.49. The molecule has 0 aliphatic carbocycles. The number of nitrogens with zero attached hydrogens (tertiary/aromatic N) is 1. The van der Waals surface area contributed by atoms with E-state index in [4.69, 9.17) is 9.84 Å². The molecule has 1 N–H and O–H groups in total. The highest BCUT2D eigenvalue weighted by Crippen LogP contribution is 2.27. The Bertz CT molecular complexity index is 365. The molecule has 3 atom stereocenters. The van der Waals surface area contributed by atoms with Gasteiger partial charge in [-0.05, 0) is 43.9 Å². The second-order valence-corrected chi connectivity index (χ2v) is 6.49. The van der Waals surface area contributed by atoms with E-state index in [1.54, 1.807) is 0 Å². The van der Waals surface area contributed by atoms with Gasteiger partial charge in [0.2, 0.25) is 5.91 Å². The fraction of sp³-hybridized carbons (Fsp3) is 0.875. The molecule has 0 aromatic carbocycles. The third-order valence-electron chi connectivity index (χ3n) is 4.82. The molecule has 2 aliphatic rings. The van der Waals surface area contributed by atoms with E-state index in [0.717, 1.165) is 51.8 Å². The van der Waals surface area contributed by atoms with Crippen LogP contribution < -0.4 is 0 Å². The van der Waals surface area contributed by atoms with Gasteiger partial charge in [0.15, 0.2) is 0 Å². The summed E-state index contributed by atoms with van der Waals surface area (Å²) in [6, 6.07) is 0. The van der Waals surface area contributed by atoms with Crippen LogP contribution in [0.3, 0.4) is 0 Å². The summed E-state index contributed by atoms with van der Waals surface area (Å²) in [5.74, 6) is -0.0835. The highest BCUT2D eigenvalue weighted by atomic mass is 16.5. The summed E-state index contributed by atoms with van der Waals surface area (Å²) in [6.07, 6.45) is 6.05. The molecule has 2 aliphatic heterocycles. The van der Waals surface area contributed by atoms with Crippen LogP contribution in [0.25, 0.3) is 0 Å². The van der Waals surface area contributed by atoms with E-state index in [-0.39, 0.29) is 24.3 Å². The minimum atomic E-state index is -0.746. The zero-order chi connectivity index (χ0) is 15.2. The normalized spacial score (nSPS) is 27.6. The van der Waals surface area contributed by atoms with E-state index in [1.807, 2.05) is 11.8 Å². The van der Waals surface area contributed by atoms with E-state index < -0.39 is 5.97 Å². The zero-order valence-electron chi connectivity index (χ0n) is 12.9. The molecular weight excluding hydrogens is 270 g/mol. The first-order chi connectivity index (χ1) is 10.1. The van der Waals surface area contributed by atoms with Gasteiger partial charge in [-0.15, -0.1) is 0 Å². The van der Waals surface area contributed by atoms with Gasteiger partial charge in [-0.1, -0.05) is 6.92 Å². The summed E-state index contributed by atoms with van der Waals surface area (Å²) >= 11 is 0. The molecule has 1 amide bonds. The number of aliphatic carboxylic acids is 1. The first-order valence-corrected chi connectivity index (χ1v) is 8.17. The number of carboxylic acids is 1. The molecular formula is C16H27NO4. The predicted molar refractivity (Wildman–Crippen MR) is 78.9 cm³/mol. The van der Waals surface area contributed by atoms with Gasteiger partial charge in [0.05, 0.1) is 6.10 Å². The van der Waals surface area contributed by atoms with E-state index in [9.17, 15) is 9.59 Å². The summed E-state index contributed by atoms with van der Waals surface area (Å²) in [6.45, 7) is 4.36. The molecule has 120 valence electrons. The third kappa shape index (κ3) is 4.99. The summed E-state index contributed by atoms with van der Waals surface area (Å²) in [4.78, 5) is 25.1. The fourth-order valence-electron chi connectivity index (χ4n) is 3.46. The molecule has 2 heterocycles. The number of likely N-dealkylation sites (tertiary alicyclic amines) is 1. The highest BCUT2D eigenvalue weighted by Gasteiger charge is 2.28. The second kappa shape index (κ2) is 7.78. The molecule has 2 rings (SSSR count). The molecule has 5 nitrogen and oxygen atoms in total. The van der Waals surface area contributed by atoms with Crippen molar-refractivity contribution in [3.8, 4) is 0 Å². The van der Waals surface area contributed by atoms with Crippen molar-refractivity contribution >= 4 is 11.9 Å². The van der Waals surface area contributed by atoms with Crippen LogP contribution in [0, 0.1) is 11.8 Å². The maximum absolute atomic E-state index is 12.3. The Balaban J connectivity index is 1.76. The number of rotatable bonds is 6. The number of carboxylic acid groups (broad SMARTS) is 1. The van der Waals surface area contributed by atoms with E-state index in [0.29, 0.717) is 12.3 Å². The topological polar surface area (TPSA) is 66.8 Å². The number of hydrogen-bond donors (Lipinski definition) is 1. The number of hydrogen-bond acceptors (Lipinski definition) is 3. The molecule has 5 heteroatoms. The Morgan fingerprint density at radius 1 is 1.33 bits per heavy atom. The average molecular weight is 297 g/mol. The Morgan fingerprint density at radius 2 is 2.14 bits per heavy atom. The fourth-order valence-corrected chi connectivity index (χ4v) is 3.46. The van der Waals surface area contributed by atoms with Crippen molar-refractivity contribution in [2.45, 2.75) is 58.0 Å². The van der Waals surface area contributed by atoms with E-state index in [1.165, 1.54) is 0 Å². The maximum Gasteiger partial charge on any atom is 0.303 e. The molecule has 0 saturated carbocycles. The molecule has 0 bridgehead atoms. The lowest BCUT2D eigenvalue weighted by Crippen LogP contribution is -2.42. The van der Waals surface area contributed by atoms with Crippen molar-refractivity contribution in [1.82, 2.24) is 4.90 Å². The minimum Gasteiger partial charge on any atom is -0.481 e. The number of carbonyl (C=O) groups is 2. The van der Waals surface area contributed by atoms with Gasteiger partial charge < -0.3 is 14.7 Å². The lowest BCUT2D eigenvalue weighted by atomic mass is 9.84. The Morgan fingerprint density at radius 3 is 2.81 bits per heavy atom. The average Bonchev–Trinajstić information content (AvgIpc) is 2.97. The maximum atomic E-state index is 12.3. The molecule has 0 aromatic rings. The van der Waals surface area contributed by atoms with Gasteiger partial charge in [0.1, 0.15) is 0 Å². The van der Waals surface area contributed by atoms with Gasteiger partial charge >= 0.3 is 5.97 Å². The third-order valence-corrected chi connectivity index (χ3v) is 4.82. The van der Waals surface area contributed by atoms with Crippen molar-refractivity contribution in [1.29, 1.82) is 0 Å². The molecule has 0 spiro atoms. The first kappa shape index (κ1) is 16.3. The van der Waals surface area contributed by atoms with Crippen LogP contribution in [0.5, 0.6) is 0 Å². The standard InChI is InChI=1S/C16H27NO4/c1-12(10-16(19)20)13-4-2-8-17(11-13)15(18)7-6-14-5-3-9-21-14/h12-14H,2-11H2,1H3,(H,19,20). The van der Waals surface area contributed by atoms with Crippen molar-refractivity contribution in [2.75, 3.05) is 19.7 Å². The van der Waals surface area contributed by atoms with Gasteiger partial charge in [-0.25, -0.2) is 0 Å². The van der Waals surface area contributed by atoms with Crippen molar-refractivity contribution < 1.29 is 19.4 Å². The molecule has 2 saturated heterocycles. The zero-order valence-corrected chi connectivity index (χ0v) is 12.9. The van der Waals surface area contributed by atoms with Gasteiger partial charge in [-0.2, -0.15) is 0 Å². The Hall–Kier alpha value is -1.10. The van der Waals surface area contributed by atoms with Crippen LogP contribution >= 0.6 is 0 Å². The van der Waals surface area contributed by atoms with Gasteiger partial charge in [-0.3, -0.25) is 9.59 Å². The number of ether oxygens (including phenoxy) is 1. The molecule has 21 heavy (non-hydrogen) atoms. The molecule has 2 fully saturated rings. The summed E-state index contributed by atoms with van der Waals surface area (Å²) in [5, 5.41) is 8.90. The van der Waals surface area contributed by atoms with Crippen LogP contribution in [0.4, 0.5) is 0 Å². The lowest BCUT2D eigenvalue weighted by molar-refractivity contribution is -0.138. The Labute approximate surface area is 126 Å². The van der Waals surface area contributed by atoms with Crippen LogP contribution in [0.15, 0.2) is 0 Å². The minimum absolute atomic E-state index is 0.135. The molecule has 0 aromatic heterocycles. The highest BCUT2D eigenvalue weighted by molar-refractivity contribution is 5.76. The SMILES string of the molecule is CC(CC(=O)O)C1CCCN(C(=O)CCC2CCCO2)C1. The summed E-state index contributed by atoms with van der Waals surface area (Å²) < 4.78 is 5.56. The summed E-state index contributed by atoms with van der Waals surface area (Å²) in [7, 11) is 0. The quantitative estimate of drug-likeness (QED) is 0.817. The monoisotopic (exact) mass is 297 g/mol. The van der Waals surface area contributed by atoms with E-state index in [2.05, 4.69) is 0 Å². The first-order valence-electron chi connectivity index (χ1n) is 8.17. The van der Waals surface area contributed by atoms with Crippen LogP contribution in [-0.4, -0.2) is 47.7 Å². The molecule has 0 radical (unpaired) electrons. The Kier molecular flexibility index (Phi) is 6.03. The van der Waals surface area contributed by atoms with Crippen molar-refractivity contribution in [2.24, 2.45) is 11.8 Å². The predicted octanol–water partition coefficient (Wildman–Crippen LogP) is 2.29. The van der Waals surface area contributed by atoms with Crippen LogP contribution in [0.2, 0.25) is 0 Å². The van der Waals surface area contributed by atoms with Crippen LogP contribution in [-0.2, 0) is 14.3 Å². The van der Waals surface area contributed by atoms with Crippen LogP contribution in [0.1, 0.15) is 51.9 Å². The smallest absolute Gasteiger partial charge is 0.303 e. The largest absolute Gasteiger partial charge is 0.481 e. The molecule has 3 unspecified atom stereocenters. The number of carbonyl (C=O) groups excluding carboxylic acids is 1. The van der Waals surface area contributed by atoms with Gasteiger partial charge in [0, 0.05) is 32.5 Å². The number of piperidine rings is 1. The number of amides is 1. The summed E-state index contributed by atoms with van der Waals surface area (Å²) in [5.41, 5.74) is 0. The van der Waals surface area contributed by atoms with Crippen molar-refractivity contribution in [3.05, 3.63) is 0 Å². The van der Waals surface area contributed by atoms with E-state index >= 15 is 0 Å². The van der Waals surface area contributed by atoms with Crippen molar-refractivity contribution in [3.63, 3.8) is 0 Å². The lowest BCUT2D eigenvalue weighted by Gasteiger charge is -2.35.